The minimum atomic E-state index is -0.571. The Morgan fingerprint density at radius 1 is 1.53 bits per heavy atom. The van der Waals surface area contributed by atoms with Crippen molar-refractivity contribution in [3.63, 3.8) is 0 Å². The summed E-state index contributed by atoms with van der Waals surface area (Å²) in [6.07, 6.45) is 0. The van der Waals surface area contributed by atoms with Gasteiger partial charge >= 0.3 is 0 Å². The van der Waals surface area contributed by atoms with E-state index in [1.807, 2.05) is 0 Å². The van der Waals surface area contributed by atoms with E-state index in [9.17, 15) is 5.11 Å². The number of methoxy groups -OCH3 is 1. The summed E-state index contributed by atoms with van der Waals surface area (Å²) >= 11 is 3.35. The summed E-state index contributed by atoms with van der Waals surface area (Å²) in [5.74, 6) is 0.0757. The van der Waals surface area contributed by atoms with E-state index in [0.29, 0.717) is 12.2 Å². The smallest absolute Gasteiger partial charge is 0.120 e. The molecule has 1 unspecified atom stereocenters. The second kappa shape index (κ2) is 5.46. The van der Waals surface area contributed by atoms with Crippen molar-refractivity contribution < 1.29 is 14.9 Å². The highest BCUT2D eigenvalue weighted by Crippen LogP contribution is 2.30. The van der Waals surface area contributed by atoms with Crippen LogP contribution in [0.25, 0.3) is 0 Å². The van der Waals surface area contributed by atoms with E-state index in [0.717, 1.165) is 10.0 Å². The molecule has 1 atom stereocenters. The summed E-state index contributed by atoms with van der Waals surface area (Å²) in [7, 11) is 1.58. The highest BCUT2D eigenvalue weighted by molar-refractivity contribution is 9.10. The second-order valence-corrected chi connectivity index (χ2v) is 4.08. The minimum Gasteiger partial charge on any atom is -0.508 e. The van der Waals surface area contributed by atoms with Gasteiger partial charge in [0, 0.05) is 17.1 Å². The molecular formula is C10H14BrNO3. The maximum atomic E-state index is 9.68. The zero-order valence-corrected chi connectivity index (χ0v) is 9.99. The molecule has 4 nitrogen and oxygen atoms in total. The molecule has 0 bridgehead atoms. The van der Waals surface area contributed by atoms with Crippen LogP contribution < -0.4 is 5.73 Å². The fourth-order valence-corrected chi connectivity index (χ4v) is 1.76. The molecule has 15 heavy (non-hydrogen) atoms. The molecule has 0 aromatic heterocycles. The molecule has 1 aromatic rings. The molecule has 84 valence electrons. The summed E-state index contributed by atoms with van der Waals surface area (Å²) < 4.78 is 5.78. The Morgan fingerprint density at radius 3 is 2.73 bits per heavy atom. The van der Waals surface area contributed by atoms with Gasteiger partial charge in [0.15, 0.2) is 0 Å². The molecular weight excluding hydrogens is 262 g/mol. The molecule has 4 N–H and O–H groups in total. The van der Waals surface area contributed by atoms with Gasteiger partial charge in [-0.1, -0.05) is 15.9 Å². The summed E-state index contributed by atoms with van der Waals surface area (Å²) in [6, 6.07) is 2.71. The number of rotatable bonds is 4. The van der Waals surface area contributed by atoms with Crippen LogP contribution in [-0.4, -0.2) is 23.9 Å². The van der Waals surface area contributed by atoms with E-state index >= 15 is 0 Å². The van der Waals surface area contributed by atoms with Crippen LogP contribution in [0.2, 0.25) is 0 Å². The van der Waals surface area contributed by atoms with Crippen LogP contribution in [0, 0.1) is 0 Å². The first-order valence-corrected chi connectivity index (χ1v) is 5.26. The molecule has 0 aliphatic heterocycles. The number of halogens is 1. The molecule has 0 aliphatic rings. The quantitative estimate of drug-likeness (QED) is 0.774. The number of hydrogen-bond acceptors (Lipinski definition) is 4. The van der Waals surface area contributed by atoms with Crippen molar-refractivity contribution in [2.45, 2.75) is 12.6 Å². The number of phenolic OH excluding ortho intramolecular Hbond substituents is 1. The third-order valence-electron chi connectivity index (χ3n) is 2.09. The third-order valence-corrected chi connectivity index (χ3v) is 2.83. The Kier molecular flexibility index (Phi) is 4.53. The van der Waals surface area contributed by atoms with E-state index < -0.39 is 6.04 Å². The lowest BCUT2D eigenvalue weighted by molar-refractivity contribution is 0.184. The number of ether oxygens (including phenoxy) is 1. The van der Waals surface area contributed by atoms with Gasteiger partial charge in [-0.2, -0.15) is 0 Å². The van der Waals surface area contributed by atoms with Crippen molar-refractivity contribution in [3.8, 4) is 5.75 Å². The first kappa shape index (κ1) is 12.4. The topological polar surface area (TPSA) is 75.7 Å². The van der Waals surface area contributed by atoms with Crippen LogP contribution in [0.5, 0.6) is 5.75 Å². The molecule has 1 aromatic carbocycles. The van der Waals surface area contributed by atoms with Gasteiger partial charge in [0.05, 0.1) is 19.3 Å². The molecule has 1 rings (SSSR count). The fourth-order valence-electron chi connectivity index (χ4n) is 1.28. The van der Waals surface area contributed by atoms with Gasteiger partial charge in [-0.05, 0) is 17.7 Å². The van der Waals surface area contributed by atoms with E-state index in [-0.39, 0.29) is 12.4 Å². The maximum Gasteiger partial charge on any atom is 0.120 e. The van der Waals surface area contributed by atoms with Crippen molar-refractivity contribution in [2.24, 2.45) is 5.73 Å². The van der Waals surface area contributed by atoms with Gasteiger partial charge < -0.3 is 20.7 Å². The lowest BCUT2D eigenvalue weighted by Crippen LogP contribution is -2.14. The molecule has 0 heterocycles. The first-order valence-electron chi connectivity index (χ1n) is 4.46. The van der Waals surface area contributed by atoms with Crippen LogP contribution in [0.3, 0.4) is 0 Å². The van der Waals surface area contributed by atoms with Crippen molar-refractivity contribution in [1.29, 1.82) is 0 Å². The highest BCUT2D eigenvalue weighted by atomic mass is 79.9. The molecule has 0 aliphatic carbocycles. The predicted molar refractivity (Wildman–Crippen MR) is 60.5 cm³/mol. The lowest BCUT2D eigenvalue weighted by Gasteiger charge is -2.13. The Bertz CT molecular complexity index is 344. The second-order valence-electron chi connectivity index (χ2n) is 3.22. The number of aromatic hydroxyl groups is 1. The molecule has 0 spiro atoms. The van der Waals surface area contributed by atoms with Crippen molar-refractivity contribution in [1.82, 2.24) is 0 Å². The van der Waals surface area contributed by atoms with Crippen LogP contribution in [-0.2, 0) is 11.3 Å². The van der Waals surface area contributed by atoms with E-state index in [1.54, 1.807) is 19.2 Å². The van der Waals surface area contributed by atoms with E-state index in [4.69, 9.17) is 15.6 Å². The summed E-state index contributed by atoms with van der Waals surface area (Å²) in [6.45, 7) is 0.201. The van der Waals surface area contributed by atoms with Crippen LogP contribution in [0.15, 0.2) is 16.6 Å². The maximum absolute atomic E-state index is 9.68. The van der Waals surface area contributed by atoms with E-state index in [2.05, 4.69) is 15.9 Å². The minimum absolute atomic E-state index is 0.0757. The highest BCUT2D eigenvalue weighted by Gasteiger charge is 2.13. The standard InChI is InChI=1S/C10H14BrNO3/c1-15-5-6-2-10(14)7(3-8(6)11)9(12)4-13/h2-3,9,13-14H,4-5,12H2,1H3. The zero-order chi connectivity index (χ0) is 11.4. The molecule has 5 heteroatoms. The predicted octanol–water partition coefficient (Wildman–Crippen LogP) is 1.29. The molecule has 0 saturated carbocycles. The Morgan fingerprint density at radius 2 is 2.20 bits per heavy atom. The van der Waals surface area contributed by atoms with Gasteiger partial charge in [-0.3, -0.25) is 0 Å². The number of aliphatic hydroxyl groups is 1. The van der Waals surface area contributed by atoms with Crippen LogP contribution in [0.4, 0.5) is 0 Å². The Hall–Kier alpha value is -0.620. The summed E-state index contributed by atoms with van der Waals surface area (Å²) in [4.78, 5) is 0. The van der Waals surface area contributed by atoms with Crippen LogP contribution in [0.1, 0.15) is 17.2 Å². The monoisotopic (exact) mass is 275 g/mol. The van der Waals surface area contributed by atoms with E-state index in [1.165, 1.54) is 0 Å². The number of nitrogens with two attached hydrogens (primary N) is 1. The van der Waals surface area contributed by atoms with Crippen molar-refractivity contribution >= 4 is 15.9 Å². The van der Waals surface area contributed by atoms with Gasteiger partial charge in [0.25, 0.3) is 0 Å². The summed E-state index contributed by atoms with van der Waals surface area (Å²) in [5, 5.41) is 18.6. The zero-order valence-electron chi connectivity index (χ0n) is 8.40. The van der Waals surface area contributed by atoms with Crippen molar-refractivity contribution in [3.05, 3.63) is 27.7 Å². The SMILES string of the molecule is COCc1cc(O)c(C(N)CO)cc1Br. The van der Waals surface area contributed by atoms with Gasteiger partial charge in [-0.15, -0.1) is 0 Å². The largest absolute Gasteiger partial charge is 0.508 e. The van der Waals surface area contributed by atoms with Crippen LogP contribution >= 0.6 is 15.9 Å². The van der Waals surface area contributed by atoms with Gasteiger partial charge in [-0.25, -0.2) is 0 Å². The average Bonchev–Trinajstić information content (AvgIpc) is 2.22. The number of benzene rings is 1. The average molecular weight is 276 g/mol. The van der Waals surface area contributed by atoms with Crippen molar-refractivity contribution in [2.75, 3.05) is 13.7 Å². The Labute approximate surface area is 96.8 Å². The Balaban J connectivity index is 3.07. The number of hydrogen-bond donors (Lipinski definition) is 3. The lowest BCUT2D eigenvalue weighted by atomic mass is 10.0. The van der Waals surface area contributed by atoms with Gasteiger partial charge in [0.2, 0.25) is 0 Å². The molecule has 0 fully saturated rings. The number of phenols is 1. The summed E-state index contributed by atoms with van der Waals surface area (Å²) in [5.41, 5.74) is 6.98. The number of aliphatic hydroxyl groups excluding tert-OH is 1. The molecule has 0 saturated heterocycles. The molecule has 0 radical (unpaired) electrons. The normalized spacial score (nSPS) is 12.8. The fraction of sp³-hybridized carbons (Fsp3) is 0.400. The van der Waals surface area contributed by atoms with Gasteiger partial charge in [0.1, 0.15) is 5.75 Å². The third kappa shape index (κ3) is 2.92. The first-order chi connectivity index (χ1) is 7.10. The molecule has 0 amide bonds.